The van der Waals surface area contributed by atoms with Gasteiger partial charge in [-0.25, -0.2) is 9.82 Å². The SMILES string of the molecule is Cc1ccc(C(NN)c2cncc(F)c2)c(Br)c1. The topological polar surface area (TPSA) is 50.9 Å². The fourth-order valence-electron chi connectivity index (χ4n) is 1.82. The molecule has 0 aliphatic carbocycles. The van der Waals surface area contributed by atoms with Crippen LogP contribution < -0.4 is 11.3 Å². The van der Waals surface area contributed by atoms with Crippen molar-refractivity contribution in [3.8, 4) is 0 Å². The second-order valence-corrected chi connectivity index (χ2v) is 4.92. The van der Waals surface area contributed by atoms with E-state index in [-0.39, 0.29) is 11.9 Å². The van der Waals surface area contributed by atoms with E-state index in [0.29, 0.717) is 5.56 Å². The van der Waals surface area contributed by atoms with E-state index in [1.807, 2.05) is 25.1 Å². The van der Waals surface area contributed by atoms with Crippen LogP contribution >= 0.6 is 15.9 Å². The van der Waals surface area contributed by atoms with Gasteiger partial charge in [0.15, 0.2) is 0 Å². The van der Waals surface area contributed by atoms with Crippen molar-refractivity contribution in [3.63, 3.8) is 0 Å². The van der Waals surface area contributed by atoms with Gasteiger partial charge in [0.05, 0.1) is 12.2 Å². The molecule has 3 N–H and O–H groups in total. The Kier molecular flexibility index (Phi) is 4.06. The molecule has 94 valence electrons. The molecular formula is C13H13BrFN3. The molecule has 0 radical (unpaired) electrons. The van der Waals surface area contributed by atoms with Crippen LogP contribution in [-0.4, -0.2) is 4.98 Å². The van der Waals surface area contributed by atoms with Crippen LogP contribution in [0.4, 0.5) is 4.39 Å². The van der Waals surface area contributed by atoms with Gasteiger partial charge in [-0.15, -0.1) is 0 Å². The van der Waals surface area contributed by atoms with E-state index >= 15 is 0 Å². The summed E-state index contributed by atoms with van der Waals surface area (Å²) in [6, 6.07) is 7.05. The van der Waals surface area contributed by atoms with Crippen LogP contribution in [0.3, 0.4) is 0 Å². The number of aryl methyl sites for hydroxylation is 1. The molecule has 2 rings (SSSR count). The van der Waals surface area contributed by atoms with Crippen molar-refractivity contribution in [2.24, 2.45) is 5.84 Å². The third kappa shape index (κ3) is 2.75. The van der Waals surface area contributed by atoms with Gasteiger partial charge in [0, 0.05) is 10.7 Å². The molecule has 0 aliphatic heterocycles. The van der Waals surface area contributed by atoms with Gasteiger partial charge in [-0.1, -0.05) is 28.1 Å². The number of nitrogens with one attached hydrogen (secondary N) is 1. The molecule has 0 saturated carbocycles. The van der Waals surface area contributed by atoms with Gasteiger partial charge in [-0.2, -0.15) is 0 Å². The van der Waals surface area contributed by atoms with Crippen LogP contribution in [0.1, 0.15) is 22.7 Å². The molecule has 1 heterocycles. The molecule has 18 heavy (non-hydrogen) atoms. The smallest absolute Gasteiger partial charge is 0.141 e. The minimum absolute atomic E-state index is 0.303. The molecule has 0 amide bonds. The summed E-state index contributed by atoms with van der Waals surface area (Å²) < 4.78 is 14.1. The van der Waals surface area contributed by atoms with Gasteiger partial charge in [-0.05, 0) is 35.7 Å². The highest BCUT2D eigenvalue weighted by atomic mass is 79.9. The first-order chi connectivity index (χ1) is 8.61. The van der Waals surface area contributed by atoms with Crippen LogP contribution in [0, 0.1) is 12.7 Å². The van der Waals surface area contributed by atoms with Gasteiger partial charge in [0.2, 0.25) is 0 Å². The number of benzene rings is 1. The van der Waals surface area contributed by atoms with Crippen molar-refractivity contribution in [3.05, 3.63) is 63.6 Å². The van der Waals surface area contributed by atoms with Gasteiger partial charge in [0.25, 0.3) is 0 Å². The van der Waals surface area contributed by atoms with Gasteiger partial charge < -0.3 is 0 Å². The quantitative estimate of drug-likeness (QED) is 0.677. The third-order valence-corrected chi connectivity index (χ3v) is 3.38. The predicted octanol–water partition coefficient (Wildman–Crippen LogP) is 2.84. The van der Waals surface area contributed by atoms with Crippen molar-refractivity contribution in [1.82, 2.24) is 10.4 Å². The van der Waals surface area contributed by atoms with Crippen molar-refractivity contribution < 1.29 is 4.39 Å². The Morgan fingerprint density at radius 2 is 2.11 bits per heavy atom. The Morgan fingerprint density at radius 1 is 1.33 bits per heavy atom. The van der Waals surface area contributed by atoms with E-state index in [1.54, 1.807) is 6.20 Å². The average molecular weight is 310 g/mol. The lowest BCUT2D eigenvalue weighted by Gasteiger charge is -2.18. The maximum Gasteiger partial charge on any atom is 0.141 e. The predicted molar refractivity (Wildman–Crippen MR) is 72.2 cm³/mol. The van der Waals surface area contributed by atoms with Crippen LogP contribution in [-0.2, 0) is 0 Å². The Labute approximate surface area is 113 Å². The molecule has 0 spiro atoms. The molecule has 1 unspecified atom stereocenters. The van der Waals surface area contributed by atoms with E-state index in [4.69, 9.17) is 5.84 Å². The zero-order chi connectivity index (χ0) is 13.1. The molecule has 5 heteroatoms. The first-order valence-corrected chi connectivity index (χ1v) is 6.23. The Morgan fingerprint density at radius 3 is 2.72 bits per heavy atom. The van der Waals surface area contributed by atoms with Crippen molar-refractivity contribution >= 4 is 15.9 Å². The highest BCUT2D eigenvalue weighted by Gasteiger charge is 2.16. The number of nitrogens with zero attached hydrogens (tertiary/aromatic N) is 1. The maximum absolute atomic E-state index is 13.2. The number of hydrogen-bond acceptors (Lipinski definition) is 3. The lowest BCUT2D eigenvalue weighted by Crippen LogP contribution is -2.29. The number of hydrazine groups is 1. The molecule has 1 aromatic carbocycles. The van der Waals surface area contributed by atoms with E-state index in [0.717, 1.165) is 15.6 Å². The Balaban J connectivity index is 2.45. The van der Waals surface area contributed by atoms with E-state index < -0.39 is 0 Å². The molecule has 1 atom stereocenters. The minimum atomic E-state index is -0.379. The van der Waals surface area contributed by atoms with Gasteiger partial charge in [-0.3, -0.25) is 10.8 Å². The van der Waals surface area contributed by atoms with Crippen LogP contribution in [0.5, 0.6) is 0 Å². The molecule has 3 nitrogen and oxygen atoms in total. The fourth-order valence-corrected chi connectivity index (χ4v) is 2.54. The monoisotopic (exact) mass is 309 g/mol. The summed E-state index contributed by atoms with van der Waals surface area (Å²) in [6.07, 6.45) is 2.77. The van der Waals surface area contributed by atoms with E-state index in [2.05, 4.69) is 26.3 Å². The summed E-state index contributed by atoms with van der Waals surface area (Å²) in [4.78, 5) is 3.84. The summed E-state index contributed by atoms with van der Waals surface area (Å²) in [6.45, 7) is 2.00. The highest BCUT2D eigenvalue weighted by molar-refractivity contribution is 9.10. The number of aromatic nitrogens is 1. The van der Waals surface area contributed by atoms with Gasteiger partial charge in [0.1, 0.15) is 5.82 Å². The number of nitrogens with two attached hydrogens (primary N) is 1. The zero-order valence-electron chi connectivity index (χ0n) is 9.82. The first kappa shape index (κ1) is 13.1. The lowest BCUT2D eigenvalue weighted by molar-refractivity contribution is 0.597. The maximum atomic E-state index is 13.2. The fraction of sp³-hybridized carbons (Fsp3) is 0.154. The highest BCUT2D eigenvalue weighted by Crippen LogP contribution is 2.28. The largest absolute Gasteiger partial charge is 0.271 e. The third-order valence-electron chi connectivity index (χ3n) is 2.69. The molecule has 0 aliphatic rings. The lowest BCUT2D eigenvalue weighted by atomic mass is 10.00. The molecular weight excluding hydrogens is 297 g/mol. The van der Waals surface area contributed by atoms with Crippen molar-refractivity contribution in [2.75, 3.05) is 0 Å². The molecule has 1 aromatic heterocycles. The molecule has 2 aromatic rings. The van der Waals surface area contributed by atoms with Crippen LogP contribution in [0.2, 0.25) is 0 Å². The number of rotatable bonds is 3. The van der Waals surface area contributed by atoms with Crippen LogP contribution in [0.25, 0.3) is 0 Å². The summed E-state index contributed by atoms with van der Waals surface area (Å²) >= 11 is 3.49. The number of halogens is 2. The summed E-state index contributed by atoms with van der Waals surface area (Å²) in [5.41, 5.74) is 5.45. The average Bonchev–Trinajstić information content (AvgIpc) is 2.33. The van der Waals surface area contributed by atoms with E-state index in [9.17, 15) is 4.39 Å². The van der Waals surface area contributed by atoms with Crippen molar-refractivity contribution in [2.45, 2.75) is 13.0 Å². The first-order valence-electron chi connectivity index (χ1n) is 5.44. The van der Waals surface area contributed by atoms with E-state index in [1.165, 1.54) is 12.3 Å². The molecule has 0 bridgehead atoms. The Hall–Kier alpha value is -1.30. The van der Waals surface area contributed by atoms with Crippen LogP contribution in [0.15, 0.2) is 41.1 Å². The standard InChI is InChI=1S/C13H13BrFN3/c1-8-2-3-11(12(14)4-8)13(18-16)9-5-10(15)7-17-6-9/h2-7,13,18H,16H2,1H3. The molecule has 0 fully saturated rings. The number of pyridine rings is 1. The minimum Gasteiger partial charge on any atom is -0.271 e. The second kappa shape index (κ2) is 5.56. The zero-order valence-corrected chi connectivity index (χ0v) is 11.4. The summed E-state index contributed by atoms with van der Waals surface area (Å²) in [7, 11) is 0. The normalized spacial score (nSPS) is 12.4. The Bertz CT molecular complexity index is 560. The summed E-state index contributed by atoms with van der Waals surface area (Å²) in [5, 5.41) is 0. The molecule has 0 saturated heterocycles. The number of hydrogen-bond donors (Lipinski definition) is 2. The van der Waals surface area contributed by atoms with Gasteiger partial charge >= 0.3 is 0 Å². The summed E-state index contributed by atoms with van der Waals surface area (Å²) in [5.74, 6) is 5.19. The second-order valence-electron chi connectivity index (χ2n) is 4.06. The van der Waals surface area contributed by atoms with Crippen molar-refractivity contribution in [1.29, 1.82) is 0 Å².